The van der Waals surface area contributed by atoms with Crippen molar-refractivity contribution in [2.24, 2.45) is 0 Å². The number of ether oxygens (including phenoxy) is 2. The Morgan fingerprint density at radius 2 is 2.09 bits per heavy atom. The molecule has 0 bridgehead atoms. The van der Waals surface area contributed by atoms with Crippen LogP contribution in [-0.2, 0) is 16.1 Å². The zero-order valence-corrected chi connectivity index (χ0v) is 13.3. The Bertz CT molecular complexity index is 713. The van der Waals surface area contributed by atoms with E-state index in [1.165, 1.54) is 18.2 Å². The van der Waals surface area contributed by atoms with E-state index in [4.69, 9.17) is 21.1 Å². The smallest absolute Gasteiger partial charge is 0.330 e. The molecule has 0 N–H and O–H groups in total. The minimum Gasteiger partial charge on any atom is -0.487 e. The quantitative estimate of drug-likeness (QED) is 0.570. The molecule has 0 aliphatic rings. The highest BCUT2D eigenvalue weighted by Gasteiger charge is 2.04. The lowest BCUT2D eigenvalue weighted by Crippen LogP contribution is -1.98. The van der Waals surface area contributed by atoms with E-state index in [0.717, 1.165) is 5.56 Å². The lowest BCUT2D eigenvalue weighted by molar-refractivity contribution is -0.137. The van der Waals surface area contributed by atoms with Gasteiger partial charge in [-0.25, -0.2) is 9.18 Å². The standard InChI is InChI=1S/C18H16ClFO3/c1-2-22-18(21)9-7-13-6-8-17(16(19)11-13)23-12-14-4-3-5-15(20)10-14/h3-11H,2,12H2,1H3/b9-7+. The summed E-state index contributed by atoms with van der Waals surface area (Å²) in [5.74, 6) is -0.226. The second-order valence-corrected chi connectivity index (χ2v) is 5.10. The molecule has 0 aliphatic carbocycles. The molecule has 0 unspecified atom stereocenters. The first-order valence-corrected chi connectivity index (χ1v) is 7.48. The molecule has 0 heterocycles. The van der Waals surface area contributed by atoms with Gasteiger partial charge in [0.1, 0.15) is 18.2 Å². The molecule has 5 heteroatoms. The molecular weight excluding hydrogens is 319 g/mol. The van der Waals surface area contributed by atoms with E-state index in [1.807, 2.05) is 0 Å². The first-order valence-electron chi connectivity index (χ1n) is 7.10. The molecule has 0 radical (unpaired) electrons. The molecule has 2 aromatic carbocycles. The van der Waals surface area contributed by atoms with E-state index in [0.29, 0.717) is 22.9 Å². The van der Waals surface area contributed by atoms with Crippen LogP contribution in [0.5, 0.6) is 5.75 Å². The van der Waals surface area contributed by atoms with Crippen LogP contribution in [0.3, 0.4) is 0 Å². The zero-order valence-electron chi connectivity index (χ0n) is 12.6. The first-order chi connectivity index (χ1) is 11.1. The number of hydrogen-bond acceptors (Lipinski definition) is 3. The van der Waals surface area contributed by atoms with Crippen molar-refractivity contribution in [3.8, 4) is 5.75 Å². The summed E-state index contributed by atoms with van der Waals surface area (Å²) >= 11 is 6.15. The van der Waals surface area contributed by atoms with Crippen molar-refractivity contribution in [3.05, 3.63) is 70.5 Å². The normalized spacial score (nSPS) is 10.7. The fourth-order valence-electron chi connectivity index (χ4n) is 1.88. The van der Waals surface area contributed by atoms with Crippen molar-refractivity contribution < 1.29 is 18.7 Å². The second kappa shape index (κ2) is 8.34. The number of benzene rings is 2. The molecule has 0 atom stereocenters. The molecule has 0 aromatic heterocycles. The van der Waals surface area contributed by atoms with Gasteiger partial charge in [0.05, 0.1) is 11.6 Å². The van der Waals surface area contributed by atoms with Crippen LogP contribution < -0.4 is 4.74 Å². The Morgan fingerprint density at radius 1 is 1.26 bits per heavy atom. The van der Waals surface area contributed by atoms with Crippen molar-refractivity contribution in [1.29, 1.82) is 0 Å². The maximum atomic E-state index is 13.1. The minimum absolute atomic E-state index is 0.218. The summed E-state index contributed by atoms with van der Waals surface area (Å²) < 4.78 is 23.5. The van der Waals surface area contributed by atoms with Crippen molar-refractivity contribution in [2.75, 3.05) is 6.61 Å². The third kappa shape index (κ3) is 5.42. The number of carbonyl (C=O) groups is 1. The van der Waals surface area contributed by atoms with Gasteiger partial charge in [-0.05, 0) is 48.4 Å². The van der Waals surface area contributed by atoms with Gasteiger partial charge in [-0.3, -0.25) is 0 Å². The van der Waals surface area contributed by atoms with Crippen LogP contribution in [0.4, 0.5) is 4.39 Å². The number of carbonyl (C=O) groups excluding carboxylic acids is 1. The number of rotatable bonds is 6. The average molecular weight is 335 g/mol. The van der Waals surface area contributed by atoms with Crippen LogP contribution in [0.2, 0.25) is 5.02 Å². The molecule has 2 rings (SSSR count). The van der Waals surface area contributed by atoms with Crippen molar-refractivity contribution in [2.45, 2.75) is 13.5 Å². The Labute approximate surface area is 139 Å². The predicted octanol–water partition coefficient (Wildman–Crippen LogP) is 4.63. The Balaban J connectivity index is 2.00. The summed E-state index contributed by atoms with van der Waals surface area (Å²) in [6.45, 7) is 2.29. The Kier molecular flexibility index (Phi) is 6.18. The van der Waals surface area contributed by atoms with Gasteiger partial charge in [0.2, 0.25) is 0 Å². The predicted molar refractivity (Wildman–Crippen MR) is 87.9 cm³/mol. The SMILES string of the molecule is CCOC(=O)/C=C/c1ccc(OCc2cccc(F)c2)c(Cl)c1. The van der Waals surface area contributed by atoms with Crippen LogP contribution in [-0.4, -0.2) is 12.6 Å². The molecule has 3 nitrogen and oxygen atoms in total. The fraction of sp³-hybridized carbons (Fsp3) is 0.167. The van der Waals surface area contributed by atoms with Gasteiger partial charge in [-0.2, -0.15) is 0 Å². The van der Waals surface area contributed by atoms with Crippen LogP contribution in [0, 0.1) is 5.82 Å². The summed E-state index contributed by atoms with van der Waals surface area (Å²) in [7, 11) is 0. The number of halogens is 2. The summed E-state index contributed by atoms with van der Waals surface area (Å²) in [5, 5.41) is 0.410. The van der Waals surface area contributed by atoms with Crippen molar-refractivity contribution in [1.82, 2.24) is 0 Å². The van der Waals surface area contributed by atoms with E-state index in [1.54, 1.807) is 43.3 Å². The average Bonchev–Trinajstić information content (AvgIpc) is 2.52. The van der Waals surface area contributed by atoms with Crippen LogP contribution in [0.25, 0.3) is 6.08 Å². The highest BCUT2D eigenvalue weighted by Crippen LogP contribution is 2.27. The Morgan fingerprint density at radius 3 is 2.78 bits per heavy atom. The van der Waals surface area contributed by atoms with Crippen LogP contribution in [0.15, 0.2) is 48.5 Å². The molecule has 2 aromatic rings. The molecular formula is C18H16ClFO3. The van der Waals surface area contributed by atoms with E-state index in [9.17, 15) is 9.18 Å². The summed E-state index contributed by atoms with van der Waals surface area (Å²) in [6, 6.07) is 11.3. The van der Waals surface area contributed by atoms with E-state index in [2.05, 4.69) is 0 Å². The number of hydrogen-bond donors (Lipinski definition) is 0. The molecule has 23 heavy (non-hydrogen) atoms. The number of esters is 1. The maximum absolute atomic E-state index is 13.1. The summed E-state index contributed by atoms with van der Waals surface area (Å²) in [6.07, 6.45) is 2.95. The van der Waals surface area contributed by atoms with Gasteiger partial charge in [-0.15, -0.1) is 0 Å². The van der Waals surface area contributed by atoms with Gasteiger partial charge in [0.25, 0.3) is 0 Å². The highest BCUT2D eigenvalue weighted by molar-refractivity contribution is 6.32. The monoisotopic (exact) mass is 334 g/mol. The molecule has 120 valence electrons. The van der Waals surface area contributed by atoms with Gasteiger partial charge >= 0.3 is 5.97 Å². The largest absolute Gasteiger partial charge is 0.487 e. The third-order valence-corrected chi connectivity index (χ3v) is 3.23. The first kappa shape index (κ1) is 17.0. The van der Waals surface area contributed by atoms with Gasteiger partial charge < -0.3 is 9.47 Å². The van der Waals surface area contributed by atoms with E-state index < -0.39 is 5.97 Å². The van der Waals surface area contributed by atoms with Gasteiger partial charge in [-0.1, -0.05) is 29.8 Å². The van der Waals surface area contributed by atoms with Crippen LogP contribution in [0.1, 0.15) is 18.1 Å². The van der Waals surface area contributed by atoms with Gasteiger partial charge in [0.15, 0.2) is 0 Å². The van der Waals surface area contributed by atoms with Gasteiger partial charge in [0, 0.05) is 6.08 Å². The zero-order chi connectivity index (χ0) is 16.7. The summed E-state index contributed by atoms with van der Waals surface area (Å²) in [5.41, 5.74) is 1.47. The minimum atomic E-state index is -0.407. The molecule has 0 fully saturated rings. The molecule has 0 saturated heterocycles. The van der Waals surface area contributed by atoms with Crippen molar-refractivity contribution in [3.63, 3.8) is 0 Å². The highest BCUT2D eigenvalue weighted by atomic mass is 35.5. The molecule has 0 saturated carbocycles. The molecule has 0 amide bonds. The third-order valence-electron chi connectivity index (χ3n) is 2.94. The summed E-state index contributed by atoms with van der Waals surface area (Å²) in [4.78, 5) is 11.3. The Hall–Kier alpha value is -2.33. The lowest BCUT2D eigenvalue weighted by atomic mass is 10.2. The van der Waals surface area contributed by atoms with Crippen LogP contribution >= 0.6 is 11.6 Å². The fourth-order valence-corrected chi connectivity index (χ4v) is 2.12. The topological polar surface area (TPSA) is 35.5 Å². The molecule has 0 aliphatic heterocycles. The second-order valence-electron chi connectivity index (χ2n) is 4.69. The van der Waals surface area contributed by atoms with E-state index >= 15 is 0 Å². The lowest BCUT2D eigenvalue weighted by Gasteiger charge is -2.09. The van der Waals surface area contributed by atoms with Crippen molar-refractivity contribution >= 4 is 23.6 Å². The van der Waals surface area contributed by atoms with E-state index in [-0.39, 0.29) is 12.4 Å². The maximum Gasteiger partial charge on any atom is 0.330 e. The molecule has 0 spiro atoms.